The lowest BCUT2D eigenvalue weighted by Gasteiger charge is -2.43. The molecule has 0 saturated carbocycles. The zero-order valence-electron chi connectivity index (χ0n) is 8.26. The zero-order chi connectivity index (χ0) is 8.60. The Morgan fingerprint density at radius 1 is 1.54 bits per heavy atom. The molecule has 0 aromatic heterocycles. The molecule has 2 rings (SSSR count). The molecule has 0 bridgehead atoms. The standard InChI is InChI=1S/C9H16FNO.H3N.H2/c1-9(10)3-2-4-11(7-9)8-5-12-6-8;;/h8H,2-7H2,1H3;1H3;1H. The summed E-state index contributed by atoms with van der Waals surface area (Å²) in [4.78, 5) is 2.23. The predicted octanol–water partition coefficient (Wildman–Crippen LogP) is 1.62. The van der Waals surface area contributed by atoms with E-state index in [2.05, 4.69) is 4.90 Å². The molecular formula is C9H21FN2O. The van der Waals surface area contributed by atoms with E-state index in [1.165, 1.54) is 0 Å². The van der Waals surface area contributed by atoms with Crippen molar-refractivity contribution in [2.24, 2.45) is 0 Å². The Labute approximate surface area is 80.3 Å². The van der Waals surface area contributed by atoms with Crippen LogP contribution in [0.3, 0.4) is 0 Å². The molecule has 4 heteroatoms. The number of piperidine rings is 1. The SMILES string of the molecule is CC1(F)CCCN(C2COC2)C1.N.[HH]. The van der Waals surface area contributed by atoms with Gasteiger partial charge >= 0.3 is 0 Å². The fourth-order valence-corrected chi connectivity index (χ4v) is 1.98. The molecule has 2 aliphatic rings. The average molecular weight is 192 g/mol. The topological polar surface area (TPSA) is 47.5 Å². The van der Waals surface area contributed by atoms with Crippen molar-refractivity contribution in [3.8, 4) is 0 Å². The van der Waals surface area contributed by atoms with E-state index in [-0.39, 0.29) is 7.58 Å². The molecule has 2 saturated heterocycles. The molecule has 80 valence electrons. The summed E-state index contributed by atoms with van der Waals surface area (Å²) in [6.45, 7) is 4.96. The van der Waals surface area contributed by atoms with Gasteiger partial charge < -0.3 is 10.9 Å². The molecule has 2 heterocycles. The normalized spacial score (nSPS) is 36.5. The highest BCUT2D eigenvalue weighted by Gasteiger charge is 2.36. The van der Waals surface area contributed by atoms with E-state index in [9.17, 15) is 4.39 Å². The summed E-state index contributed by atoms with van der Waals surface area (Å²) in [7, 11) is 0. The van der Waals surface area contributed by atoms with Crippen molar-refractivity contribution in [2.45, 2.75) is 31.5 Å². The fraction of sp³-hybridized carbons (Fsp3) is 1.00. The van der Waals surface area contributed by atoms with Gasteiger partial charge in [0.25, 0.3) is 0 Å². The lowest BCUT2D eigenvalue weighted by Crippen LogP contribution is -2.55. The largest absolute Gasteiger partial charge is 0.378 e. The van der Waals surface area contributed by atoms with Crippen molar-refractivity contribution >= 4 is 0 Å². The summed E-state index contributed by atoms with van der Waals surface area (Å²) in [6, 6.07) is 0.500. The number of likely N-dealkylation sites (tertiary alicyclic amines) is 1. The van der Waals surface area contributed by atoms with Gasteiger partial charge in [-0.3, -0.25) is 4.90 Å². The lowest BCUT2D eigenvalue weighted by molar-refractivity contribution is -0.0900. The minimum Gasteiger partial charge on any atom is -0.378 e. The molecule has 0 aromatic rings. The maximum Gasteiger partial charge on any atom is 0.120 e. The van der Waals surface area contributed by atoms with E-state index in [0.29, 0.717) is 12.6 Å². The van der Waals surface area contributed by atoms with E-state index < -0.39 is 5.67 Å². The molecule has 0 aliphatic carbocycles. The third-order valence-electron chi connectivity index (χ3n) is 2.81. The predicted molar refractivity (Wildman–Crippen MR) is 52.1 cm³/mol. The maximum absolute atomic E-state index is 13.6. The molecular weight excluding hydrogens is 171 g/mol. The van der Waals surface area contributed by atoms with Crippen LogP contribution in [-0.2, 0) is 4.74 Å². The average Bonchev–Trinajstić information content (AvgIpc) is 1.80. The van der Waals surface area contributed by atoms with Crippen molar-refractivity contribution in [3.63, 3.8) is 0 Å². The number of hydrogen-bond acceptors (Lipinski definition) is 3. The second-order valence-electron chi connectivity index (χ2n) is 4.18. The van der Waals surface area contributed by atoms with E-state index in [1.54, 1.807) is 6.92 Å². The minimum atomic E-state index is -0.964. The van der Waals surface area contributed by atoms with Crippen LogP contribution >= 0.6 is 0 Å². The summed E-state index contributed by atoms with van der Waals surface area (Å²) in [5, 5.41) is 0. The summed E-state index contributed by atoms with van der Waals surface area (Å²) in [6.07, 6.45) is 1.71. The van der Waals surface area contributed by atoms with Gasteiger partial charge in [-0.05, 0) is 26.3 Å². The zero-order valence-corrected chi connectivity index (χ0v) is 8.26. The van der Waals surface area contributed by atoms with Gasteiger partial charge in [-0.15, -0.1) is 0 Å². The first-order valence-corrected chi connectivity index (χ1v) is 4.68. The molecule has 3 N–H and O–H groups in total. The Morgan fingerprint density at radius 3 is 2.69 bits per heavy atom. The molecule has 0 radical (unpaired) electrons. The molecule has 0 amide bonds. The van der Waals surface area contributed by atoms with Gasteiger partial charge in [0.05, 0.1) is 19.3 Å². The van der Waals surface area contributed by atoms with Crippen molar-refractivity contribution in [1.29, 1.82) is 0 Å². The van der Waals surface area contributed by atoms with Crippen molar-refractivity contribution in [3.05, 3.63) is 0 Å². The summed E-state index contributed by atoms with van der Waals surface area (Å²) >= 11 is 0. The van der Waals surface area contributed by atoms with Gasteiger partial charge in [-0.25, -0.2) is 4.39 Å². The van der Waals surface area contributed by atoms with Gasteiger partial charge in [-0.2, -0.15) is 0 Å². The number of nitrogens with zero attached hydrogens (tertiary/aromatic N) is 1. The van der Waals surface area contributed by atoms with Crippen LogP contribution in [0.1, 0.15) is 21.2 Å². The van der Waals surface area contributed by atoms with Crippen LogP contribution in [0.25, 0.3) is 0 Å². The van der Waals surface area contributed by atoms with Crippen molar-refractivity contribution < 1.29 is 10.6 Å². The first-order valence-electron chi connectivity index (χ1n) is 4.68. The van der Waals surface area contributed by atoms with Crippen LogP contribution in [0.2, 0.25) is 0 Å². The highest BCUT2D eigenvalue weighted by Crippen LogP contribution is 2.27. The summed E-state index contributed by atoms with van der Waals surface area (Å²) < 4.78 is 18.7. The fourth-order valence-electron chi connectivity index (χ4n) is 1.98. The number of ether oxygens (including phenoxy) is 1. The third-order valence-corrected chi connectivity index (χ3v) is 2.81. The van der Waals surface area contributed by atoms with Crippen LogP contribution in [0.15, 0.2) is 0 Å². The second kappa shape index (κ2) is 3.90. The number of hydrogen-bond donors (Lipinski definition) is 1. The van der Waals surface area contributed by atoms with E-state index in [4.69, 9.17) is 4.74 Å². The smallest absolute Gasteiger partial charge is 0.120 e. The summed E-state index contributed by atoms with van der Waals surface area (Å²) in [5.74, 6) is 0. The maximum atomic E-state index is 13.6. The van der Waals surface area contributed by atoms with Crippen LogP contribution in [-0.4, -0.2) is 42.9 Å². The molecule has 2 fully saturated rings. The number of rotatable bonds is 1. The van der Waals surface area contributed by atoms with Gasteiger partial charge in [0.1, 0.15) is 5.67 Å². The first kappa shape index (κ1) is 10.9. The highest BCUT2D eigenvalue weighted by atomic mass is 19.1. The monoisotopic (exact) mass is 192 g/mol. The molecule has 0 aromatic carbocycles. The van der Waals surface area contributed by atoms with Gasteiger partial charge in [0.15, 0.2) is 0 Å². The number of halogens is 1. The lowest BCUT2D eigenvalue weighted by atomic mass is 9.95. The van der Waals surface area contributed by atoms with E-state index in [1.807, 2.05) is 0 Å². The second-order valence-corrected chi connectivity index (χ2v) is 4.18. The molecule has 13 heavy (non-hydrogen) atoms. The van der Waals surface area contributed by atoms with Crippen molar-refractivity contribution in [2.75, 3.05) is 26.3 Å². The first-order chi connectivity index (χ1) is 5.67. The third kappa shape index (κ3) is 2.39. The quantitative estimate of drug-likeness (QED) is 0.686. The van der Waals surface area contributed by atoms with E-state index >= 15 is 0 Å². The van der Waals surface area contributed by atoms with Crippen LogP contribution in [0, 0.1) is 0 Å². The Bertz CT molecular complexity index is 176. The molecule has 2 aliphatic heterocycles. The van der Waals surface area contributed by atoms with Crippen LogP contribution in [0.5, 0.6) is 0 Å². The summed E-state index contributed by atoms with van der Waals surface area (Å²) in [5.41, 5.74) is -0.964. The molecule has 3 nitrogen and oxygen atoms in total. The Hall–Kier alpha value is -0.190. The minimum absolute atomic E-state index is 0. The molecule has 1 unspecified atom stereocenters. The van der Waals surface area contributed by atoms with E-state index in [0.717, 1.165) is 32.6 Å². The highest BCUT2D eigenvalue weighted by molar-refractivity contribution is 4.88. The number of alkyl halides is 1. The Balaban J connectivity index is 0.000000845. The van der Waals surface area contributed by atoms with Crippen LogP contribution < -0.4 is 6.15 Å². The van der Waals surface area contributed by atoms with Crippen molar-refractivity contribution in [1.82, 2.24) is 11.1 Å². The Kier molecular flexibility index (Phi) is 3.27. The van der Waals surface area contributed by atoms with Crippen LogP contribution in [0.4, 0.5) is 4.39 Å². The van der Waals surface area contributed by atoms with Gasteiger partial charge in [0.2, 0.25) is 0 Å². The molecule has 0 spiro atoms. The molecule has 1 atom stereocenters. The van der Waals surface area contributed by atoms with Gasteiger partial charge in [-0.1, -0.05) is 0 Å². The Morgan fingerprint density at radius 2 is 2.23 bits per heavy atom. The van der Waals surface area contributed by atoms with Gasteiger partial charge in [0, 0.05) is 7.97 Å².